The van der Waals surface area contributed by atoms with Crippen molar-refractivity contribution in [3.63, 3.8) is 0 Å². The molecular weight excluding hydrogens is 421 g/mol. The second-order valence-corrected chi connectivity index (χ2v) is 9.48. The smallest absolute Gasteiger partial charge is 0.167 e. The van der Waals surface area contributed by atoms with Crippen molar-refractivity contribution in [2.75, 3.05) is 6.61 Å². The van der Waals surface area contributed by atoms with Gasteiger partial charge in [-0.15, -0.1) is 0 Å². The van der Waals surface area contributed by atoms with E-state index in [4.69, 9.17) is 4.74 Å². The van der Waals surface area contributed by atoms with Gasteiger partial charge in [0.2, 0.25) is 0 Å². The molecule has 1 aliphatic carbocycles. The first-order chi connectivity index (χ1) is 16.0. The van der Waals surface area contributed by atoms with E-state index in [-0.39, 0.29) is 23.0 Å². The van der Waals surface area contributed by atoms with Crippen molar-refractivity contribution in [1.29, 1.82) is 0 Å². The lowest BCUT2D eigenvalue weighted by Gasteiger charge is -2.28. The first kappa shape index (κ1) is 22.2. The number of hydrogen-bond donors (Lipinski definition) is 0. The van der Waals surface area contributed by atoms with E-state index in [2.05, 4.69) is 6.92 Å². The maximum Gasteiger partial charge on any atom is 0.167 e. The predicted molar refractivity (Wildman–Crippen MR) is 125 cm³/mol. The van der Waals surface area contributed by atoms with Crippen molar-refractivity contribution in [3.8, 4) is 22.3 Å². The van der Waals surface area contributed by atoms with E-state index >= 15 is 4.39 Å². The second kappa shape index (κ2) is 9.34. The molecule has 33 heavy (non-hydrogen) atoms. The lowest BCUT2D eigenvalue weighted by molar-refractivity contribution is 0.308. The minimum Gasteiger partial charge on any atom is -0.368 e. The van der Waals surface area contributed by atoms with Gasteiger partial charge in [0.25, 0.3) is 0 Å². The summed E-state index contributed by atoms with van der Waals surface area (Å²) in [5.41, 5.74) is 3.34. The molecule has 3 aromatic rings. The zero-order chi connectivity index (χ0) is 22.9. The monoisotopic (exact) mass is 450 g/mol. The summed E-state index contributed by atoms with van der Waals surface area (Å²) in [6.45, 7) is 2.66. The Kier molecular flexibility index (Phi) is 6.29. The van der Waals surface area contributed by atoms with E-state index in [9.17, 15) is 8.78 Å². The van der Waals surface area contributed by atoms with Gasteiger partial charge in [0.05, 0.1) is 6.61 Å². The Morgan fingerprint density at radius 1 is 0.788 bits per heavy atom. The Bertz CT molecular complexity index is 1130. The molecule has 1 aliphatic heterocycles. The molecule has 0 N–H and O–H groups in total. The molecule has 0 spiro atoms. The van der Waals surface area contributed by atoms with Gasteiger partial charge in [0, 0.05) is 16.7 Å². The first-order valence-corrected chi connectivity index (χ1v) is 12.0. The van der Waals surface area contributed by atoms with E-state index < -0.39 is 11.6 Å². The highest BCUT2D eigenvalue weighted by Gasteiger charge is 2.30. The van der Waals surface area contributed by atoms with Crippen LogP contribution in [-0.2, 0) is 4.74 Å². The SMILES string of the molecule is CCCC1CCC(c2ccc(-c3ccc(-c4ccc(C5CO5)c(F)c4F)cc3)c(F)c2)CC1. The molecule has 172 valence electrons. The van der Waals surface area contributed by atoms with Gasteiger partial charge in [-0.25, -0.2) is 13.2 Å². The summed E-state index contributed by atoms with van der Waals surface area (Å²) in [6, 6.07) is 15.7. The molecule has 4 heteroatoms. The van der Waals surface area contributed by atoms with Crippen LogP contribution in [-0.4, -0.2) is 6.61 Å². The highest BCUT2D eigenvalue weighted by molar-refractivity contribution is 5.71. The molecule has 0 radical (unpaired) electrons. The third-order valence-corrected chi connectivity index (χ3v) is 7.31. The molecule has 0 aromatic heterocycles. The maximum atomic E-state index is 15.0. The summed E-state index contributed by atoms with van der Waals surface area (Å²) in [4.78, 5) is 0. The van der Waals surface area contributed by atoms with E-state index in [0.717, 1.165) is 29.9 Å². The molecule has 2 aliphatic rings. The van der Waals surface area contributed by atoms with Crippen molar-refractivity contribution >= 4 is 0 Å². The Hall–Kier alpha value is -2.59. The molecule has 0 amide bonds. The quantitative estimate of drug-likeness (QED) is 0.343. The average Bonchev–Trinajstić information content (AvgIpc) is 3.67. The summed E-state index contributed by atoms with van der Waals surface area (Å²) >= 11 is 0. The molecule has 1 atom stereocenters. The number of rotatable bonds is 6. The van der Waals surface area contributed by atoms with E-state index in [1.165, 1.54) is 25.7 Å². The topological polar surface area (TPSA) is 12.5 Å². The van der Waals surface area contributed by atoms with Gasteiger partial charge in [-0.1, -0.05) is 68.3 Å². The first-order valence-electron chi connectivity index (χ1n) is 12.0. The molecule has 3 aromatic carbocycles. The third kappa shape index (κ3) is 4.59. The van der Waals surface area contributed by atoms with Crippen LogP contribution in [0.4, 0.5) is 13.2 Å². The second-order valence-electron chi connectivity index (χ2n) is 9.48. The fourth-order valence-electron chi connectivity index (χ4n) is 5.31. The van der Waals surface area contributed by atoms with Gasteiger partial charge in [0.15, 0.2) is 11.6 Å². The summed E-state index contributed by atoms with van der Waals surface area (Å²) in [5, 5.41) is 0. The maximum absolute atomic E-state index is 15.0. The number of hydrogen-bond acceptors (Lipinski definition) is 1. The van der Waals surface area contributed by atoms with Crippen LogP contribution in [0, 0.1) is 23.4 Å². The van der Waals surface area contributed by atoms with Crippen molar-refractivity contribution in [1.82, 2.24) is 0 Å². The number of benzene rings is 3. The van der Waals surface area contributed by atoms with E-state index in [1.807, 2.05) is 12.1 Å². The molecule has 1 saturated carbocycles. The predicted octanol–water partition coefficient (Wildman–Crippen LogP) is 8.58. The number of epoxide rings is 1. The highest BCUT2D eigenvalue weighted by Crippen LogP contribution is 2.39. The largest absolute Gasteiger partial charge is 0.368 e. The van der Waals surface area contributed by atoms with Crippen LogP contribution in [0.15, 0.2) is 54.6 Å². The van der Waals surface area contributed by atoms with Crippen LogP contribution in [0.2, 0.25) is 0 Å². The Balaban J connectivity index is 1.33. The molecule has 1 saturated heterocycles. The molecule has 1 unspecified atom stereocenters. The normalized spacial score (nSPS) is 22.4. The van der Waals surface area contributed by atoms with Crippen LogP contribution in [0.1, 0.15) is 68.6 Å². The van der Waals surface area contributed by atoms with Crippen molar-refractivity contribution in [2.24, 2.45) is 5.92 Å². The molecule has 5 rings (SSSR count). The van der Waals surface area contributed by atoms with E-state index in [0.29, 0.717) is 23.7 Å². The van der Waals surface area contributed by atoms with Gasteiger partial charge >= 0.3 is 0 Å². The zero-order valence-corrected chi connectivity index (χ0v) is 18.9. The van der Waals surface area contributed by atoms with Gasteiger partial charge in [0.1, 0.15) is 11.9 Å². The summed E-state index contributed by atoms with van der Waals surface area (Å²) in [5.74, 6) is -0.706. The Morgan fingerprint density at radius 2 is 1.42 bits per heavy atom. The third-order valence-electron chi connectivity index (χ3n) is 7.31. The van der Waals surface area contributed by atoms with Crippen LogP contribution >= 0.6 is 0 Å². The molecule has 1 nitrogen and oxygen atoms in total. The van der Waals surface area contributed by atoms with Crippen molar-refractivity contribution in [3.05, 3.63) is 83.2 Å². The van der Waals surface area contributed by atoms with Gasteiger partial charge in [-0.3, -0.25) is 0 Å². The van der Waals surface area contributed by atoms with Crippen molar-refractivity contribution in [2.45, 2.75) is 57.5 Å². The number of ether oxygens (including phenoxy) is 1. The highest BCUT2D eigenvalue weighted by atomic mass is 19.2. The molecular formula is C29H29F3O. The van der Waals surface area contributed by atoms with Gasteiger partial charge in [-0.05, 0) is 60.3 Å². The molecule has 2 fully saturated rings. The Morgan fingerprint density at radius 3 is 2.03 bits per heavy atom. The zero-order valence-electron chi connectivity index (χ0n) is 18.9. The van der Waals surface area contributed by atoms with E-state index in [1.54, 1.807) is 42.5 Å². The fourth-order valence-corrected chi connectivity index (χ4v) is 5.31. The summed E-state index contributed by atoms with van der Waals surface area (Å²) in [7, 11) is 0. The minimum absolute atomic E-state index is 0.193. The summed E-state index contributed by atoms with van der Waals surface area (Å²) < 4.78 is 49.1. The fraction of sp³-hybridized carbons (Fsp3) is 0.379. The van der Waals surface area contributed by atoms with Crippen LogP contribution < -0.4 is 0 Å². The molecule has 1 heterocycles. The van der Waals surface area contributed by atoms with Gasteiger partial charge < -0.3 is 4.74 Å². The van der Waals surface area contributed by atoms with Crippen LogP contribution in [0.3, 0.4) is 0 Å². The number of halogens is 3. The minimum atomic E-state index is -0.875. The standard InChI is InChI=1S/C29H29F3O/c1-2-3-18-4-6-19(7-5-18)22-12-13-23(26(30)16-22)20-8-10-21(11-9-20)24-14-15-25(27-17-33-27)29(32)28(24)31/h8-16,18-19,27H,2-7,17H2,1H3. The lowest BCUT2D eigenvalue weighted by atomic mass is 9.77. The Labute approximate surface area is 193 Å². The van der Waals surface area contributed by atoms with Crippen LogP contribution in [0.5, 0.6) is 0 Å². The molecule has 0 bridgehead atoms. The van der Waals surface area contributed by atoms with Crippen LogP contribution in [0.25, 0.3) is 22.3 Å². The van der Waals surface area contributed by atoms with Gasteiger partial charge in [-0.2, -0.15) is 0 Å². The average molecular weight is 451 g/mol. The summed E-state index contributed by atoms with van der Waals surface area (Å²) in [6.07, 6.45) is 6.92. The van der Waals surface area contributed by atoms with Crippen molar-refractivity contribution < 1.29 is 17.9 Å². The lowest BCUT2D eigenvalue weighted by Crippen LogP contribution is -2.13.